The van der Waals surface area contributed by atoms with Crippen LogP contribution in [0.2, 0.25) is 0 Å². The molecule has 1 N–H and O–H groups in total. The third-order valence-corrected chi connectivity index (χ3v) is 4.22. The summed E-state index contributed by atoms with van der Waals surface area (Å²) < 4.78 is 5.01. The van der Waals surface area contributed by atoms with Gasteiger partial charge in [-0.25, -0.2) is 4.98 Å². The van der Waals surface area contributed by atoms with Gasteiger partial charge in [0.2, 0.25) is 11.7 Å². The van der Waals surface area contributed by atoms with Gasteiger partial charge in [0.25, 0.3) is 0 Å². The Morgan fingerprint density at radius 2 is 2.29 bits per heavy atom. The molecule has 2 heterocycles. The highest BCUT2D eigenvalue weighted by molar-refractivity contribution is 7.11. The minimum absolute atomic E-state index is 0.0880. The second-order valence-electron chi connectivity index (χ2n) is 4.36. The predicted molar refractivity (Wildman–Crippen MR) is 81.0 cm³/mol. The van der Waals surface area contributed by atoms with E-state index in [1.807, 2.05) is 13.1 Å². The van der Waals surface area contributed by atoms with Crippen molar-refractivity contribution < 1.29 is 9.66 Å². The Labute approximate surface area is 126 Å². The van der Waals surface area contributed by atoms with Gasteiger partial charge in [-0.05, 0) is 13.3 Å². The van der Waals surface area contributed by atoms with E-state index < -0.39 is 4.92 Å². The summed E-state index contributed by atoms with van der Waals surface area (Å²) in [5.74, 6) is 0.504. The Morgan fingerprint density at radius 1 is 1.52 bits per heavy atom. The number of methoxy groups -OCH3 is 1. The van der Waals surface area contributed by atoms with Crippen LogP contribution in [0.1, 0.15) is 29.8 Å². The Bertz CT molecular complexity index is 644. The normalized spacial score (nSPS) is 12.0. The molecule has 0 fully saturated rings. The van der Waals surface area contributed by atoms with Crippen molar-refractivity contribution in [1.82, 2.24) is 9.97 Å². The Kier molecular flexibility index (Phi) is 4.69. The fraction of sp³-hybridized carbons (Fsp3) is 0.385. The first kappa shape index (κ1) is 15.2. The maximum atomic E-state index is 11.1. The second kappa shape index (κ2) is 6.49. The Balaban J connectivity index is 2.26. The van der Waals surface area contributed by atoms with Crippen LogP contribution in [0.4, 0.5) is 11.5 Å². The van der Waals surface area contributed by atoms with E-state index in [0.717, 1.165) is 11.4 Å². The van der Waals surface area contributed by atoms with Crippen LogP contribution in [0.5, 0.6) is 5.88 Å². The smallest absolute Gasteiger partial charge is 0.311 e. The number of hydrogen-bond acceptors (Lipinski definition) is 7. The van der Waals surface area contributed by atoms with Crippen molar-refractivity contribution in [1.29, 1.82) is 0 Å². The molecular weight excluding hydrogens is 292 g/mol. The number of rotatable bonds is 6. The van der Waals surface area contributed by atoms with Crippen molar-refractivity contribution in [2.75, 3.05) is 12.4 Å². The van der Waals surface area contributed by atoms with E-state index in [-0.39, 0.29) is 17.5 Å². The van der Waals surface area contributed by atoms with Crippen molar-refractivity contribution in [2.45, 2.75) is 26.3 Å². The number of aromatic nitrogens is 2. The van der Waals surface area contributed by atoms with E-state index >= 15 is 0 Å². The molecule has 21 heavy (non-hydrogen) atoms. The lowest BCUT2D eigenvalue weighted by molar-refractivity contribution is -0.384. The zero-order valence-electron chi connectivity index (χ0n) is 12.0. The van der Waals surface area contributed by atoms with Crippen LogP contribution in [-0.2, 0) is 6.42 Å². The predicted octanol–water partition coefficient (Wildman–Crippen LogP) is 3.19. The van der Waals surface area contributed by atoms with E-state index in [0.29, 0.717) is 5.88 Å². The first-order valence-electron chi connectivity index (χ1n) is 6.45. The van der Waals surface area contributed by atoms with Crippen LogP contribution in [0.15, 0.2) is 18.3 Å². The number of nitrogens with zero attached hydrogens (tertiary/aromatic N) is 3. The molecule has 0 amide bonds. The van der Waals surface area contributed by atoms with E-state index in [9.17, 15) is 10.1 Å². The molecule has 8 heteroatoms. The van der Waals surface area contributed by atoms with Crippen molar-refractivity contribution in [2.24, 2.45) is 0 Å². The molecule has 7 nitrogen and oxygen atoms in total. The molecule has 0 aromatic carbocycles. The molecule has 2 aromatic heterocycles. The quantitative estimate of drug-likeness (QED) is 0.651. The third kappa shape index (κ3) is 3.46. The van der Waals surface area contributed by atoms with Gasteiger partial charge >= 0.3 is 5.69 Å². The van der Waals surface area contributed by atoms with Gasteiger partial charge in [0.05, 0.1) is 18.1 Å². The molecule has 0 bridgehead atoms. The fourth-order valence-electron chi connectivity index (χ4n) is 1.75. The van der Waals surface area contributed by atoms with Crippen LogP contribution in [-0.4, -0.2) is 22.0 Å². The maximum absolute atomic E-state index is 11.1. The highest BCUT2D eigenvalue weighted by Crippen LogP contribution is 2.29. The minimum Gasteiger partial charge on any atom is -0.481 e. The fourth-order valence-corrected chi connectivity index (χ4v) is 2.61. The number of hydrogen-bond donors (Lipinski definition) is 1. The van der Waals surface area contributed by atoms with Gasteiger partial charge in [0.1, 0.15) is 5.01 Å². The minimum atomic E-state index is -0.471. The number of anilines is 1. The Hall–Kier alpha value is -2.22. The summed E-state index contributed by atoms with van der Waals surface area (Å²) in [5.41, 5.74) is -0.0880. The van der Waals surface area contributed by atoms with Crippen LogP contribution in [0.25, 0.3) is 0 Å². The van der Waals surface area contributed by atoms with Crippen LogP contribution >= 0.6 is 11.3 Å². The largest absolute Gasteiger partial charge is 0.481 e. The van der Waals surface area contributed by atoms with Gasteiger partial charge in [0.15, 0.2) is 0 Å². The lowest BCUT2D eigenvalue weighted by Crippen LogP contribution is -2.10. The highest BCUT2D eigenvalue weighted by Gasteiger charge is 2.20. The lowest BCUT2D eigenvalue weighted by atomic mass is 10.3. The molecule has 0 aliphatic rings. The van der Waals surface area contributed by atoms with Crippen LogP contribution < -0.4 is 10.1 Å². The molecular formula is C13H16N4O3S. The van der Waals surface area contributed by atoms with Gasteiger partial charge in [-0.3, -0.25) is 10.1 Å². The van der Waals surface area contributed by atoms with Crippen molar-refractivity contribution in [3.63, 3.8) is 0 Å². The summed E-state index contributed by atoms with van der Waals surface area (Å²) in [6.45, 7) is 3.95. The van der Waals surface area contributed by atoms with Gasteiger partial charge in [-0.1, -0.05) is 6.92 Å². The lowest BCUT2D eigenvalue weighted by Gasteiger charge is -2.12. The number of thiazole rings is 1. The first-order valence-corrected chi connectivity index (χ1v) is 7.27. The molecule has 0 spiro atoms. The molecule has 2 rings (SSSR count). The van der Waals surface area contributed by atoms with E-state index in [1.54, 1.807) is 11.3 Å². The summed E-state index contributed by atoms with van der Waals surface area (Å²) in [4.78, 5) is 20.2. The zero-order chi connectivity index (χ0) is 15.4. The van der Waals surface area contributed by atoms with Crippen molar-refractivity contribution in [3.8, 4) is 5.88 Å². The molecule has 1 atom stereocenters. The molecule has 1 unspecified atom stereocenters. The molecule has 0 radical (unpaired) electrons. The summed E-state index contributed by atoms with van der Waals surface area (Å²) in [7, 11) is 1.47. The number of pyridine rings is 1. The number of aryl methyl sites for hydroxylation is 1. The summed E-state index contributed by atoms with van der Waals surface area (Å²) >= 11 is 1.58. The standard InChI is InChI=1S/C13H16N4O3S/c1-4-9-7-14-13(21-9)8(2)15-12-10(17(18)19)5-6-11(16-12)20-3/h5-8H,4H2,1-3H3,(H,15,16). The summed E-state index contributed by atoms with van der Waals surface area (Å²) in [6.07, 6.45) is 2.74. The van der Waals surface area contributed by atoms with Gasteiger partial charge in [-0.15, -0.1) is 11.3 Å². The van der Waals surface area contributed by atoms with Crippen LogP contribution in [0.3, 0.4) is 0 Å². The van der Waals surface area contributed by atoms with Crippen molar-refractivity contribution in [3.05, 3.63) is 38.3 Å². The molecule has 0 aliphatic heterocycles. The molecule has 0 saturated carbocycles. The van der Waals surface area contributed by atoms with Crippen molar-refractivity contribution >= 4 is 22.8 Å². The monoisotopic (exact) mass is 308 g/mol. The number of ether oxygens (including phenoxy) is 1. The highest BCUT2D eigenvalue weighted by atomic mass is 32.1. The van der Waals surface area contributed by atoms with E-state index in [2.05, 4.69) is 22.2 Å². The topological polar surface area (TPSA) is 90.2 Å². The Morgan fingerprint density at radius 3 is 2.86 bits per heavy atom. The van der Waals surface area contributed by atoms with Gasteiger partial charge < -0.3 is 10.1 Å². The number of nitrogens with one attached hydrogen (secondary N) is 1. The van der Waals surface area contributed by atoms with E-state index in [1.165, 1.54) is 24.1 Å². The first-order chi connectivity index (χ1) is 10.0. The van der Waals surface area contributed by atoms with E-state index in [4.69, 9.17) is 4.74 Å². The average molecular weight is 308 g/mol. The molecule has 0 aliphatic carbocycles. The van der Waals surface area contributed by atoms with Gasteiger partial charge in [0, 0.05) is 23.2 Å². The van der Waals surface area contributed by atoms with Gasteiger partial charge in [-0.2, -0.15) is 4.98 Å². The summed E-state index contributed by atoms with van der Waals surface area (Å²) in [5, 5.41) is 15.0. The third-order valence-electron chi connectivity index (χ3n) is 2.90. The average Bonchev–Trinajstić information content (AvgIpc) is 2.95. The molecule has 0 saturated heterocycles. The number of nitro groups is 1. The SMILES string of the molecule is CCc1cnc(C(C)Nc2nc(OC)ccc2[N+](=O)[O-])s1. The van der Waals surface area contributed by atoms with Crippen LogP contribution in [0, 0.1) is 10.1 Å². The molecule has 2 aromatic rings. The summed E-state index contributed by atoms with van der Waals surface area (Å²) in [6, 6.07) is 2.67. The second-order valence-corrected chi connectivity index (χ2v) is 5.51. The molecule has 112 valence electrons. The maximum Gasteiger partial charge on any atom is 0.311 e. The zero-order valence-corrected chi connectivity index (χ0v) is 12.8.